The van der Waals surface area contributed by atoms with Crippen LogP contribution in [-0.2, 0) is 13.0 Å². The second-order valence-corrected chi connectivity index (χ2v) is 7.08. The van der Waals surface area contributed by atoms with Crippen molar-refractivity contribution in [1.29, 1.82) is 0 Å². The van der Waals surface area contributed by atoms with Crippen LogP contribution in [-0.4, -0.2) is 37.2 Å². The summed E-state index contributed by atoms with van der Waals surface area (Å²) >= 11 is 0. The average molecular weight is 402 g/mol. The van der Waals surface area contributed by atoms with E-state index in [9.17, 15) is 13.2 Å². The monoisotopic (exact) mass is 402 g/mol. The SMILES string of the molecule is CCn1nnc2ccc(C3=CCCCc4nc(N[C@@H](C)C(F)(F)F)ncc43)cc21. The Hall–Kier alpha value is -2.97. The van der Waals surface area contributed by atoms with Crippen LogP contribution in [0.15, 0.2) is 30.5 Å². The first-order valence-corrected chi connectivity index (χ1v) is 9.60. The maximum Gasteiger partial charge on any atom is 0.408 e. The van der Waals surface area contributed by atoms with Crippen molar-refractivity contribution in [3.8, 4) is 0 Å². The quantitative estimate of drug-likeness (QED) is 0.702. The number of rotatable bonds is 4. The van der Waals surface area contributed by atoms with Crippen molar-refractivity contribution in [3.63, 3.8) is 0 Å². The summed E-state index contributed by atoms with van der Waals surface area (Å²) in [5.74, 6) is -0.00136. The Kier molecular flexibility index (Phi) is 4.97. The predicted octanol–water partition coefficient (Wildman–Crippen LogP) is 4.37. The Morgan fingerprint density at radius 2 is 2.10 bits per heavy atom. The fourth-order valence-corrected chi connectivity index (χ4v) is 3.44. The van der Waals surface area contributed by atoms with Gasteiger partial charge in [0.05, 0.1) is 11.2 Å². The molecule has 1 aliphatic carbocycles. The normalized spacial score (nSPS) is 15.6. The number of anilines is 1. The highest BCUT2D eigenvalue weighted by Crippen LogP contribution is 2.32. The number of hydrogen-bond donors (Lipinski definition) is 1. The number of nitrogens with one attached hydrogen (secondary N) is 1. The van der Waals surface area contributed by atoms with Crippen molar-refractivity contribution in [2.45, 2.75) is 51.9 Å². The van der Waals surface area contributed by atoms with Crippen LogP contribution in [0.3, 0.4) is 0 Å². The van der Waals surface area contributed by atoms with Gasteiger partial charge >= 0.3 is 6.18 Å². The van der Waals surface area contributed by atoms with E-state index >= 15 is 0 Å². The van der Waals surface area contributed by atoms with E-state index in [1.807, 2.05) is 29.8 Å². The van der Waals surface area contributed by atoms with Crippen molar-refractivity contribution in [2.24, 2.45) is 0 Å². The van der Waals surface area contributed by atoms with Gasteiger partial charge < -0.3 is 5.32 Å². The zero-order chi connectivity index (χ0) is 20.6. The third kappa shape index (κ3) is 3.81. The molecule has 29 heavy (non-hydrogen) atoms. The number of halogens is 3. The van der Waals surface area contributed by atoms with Gasteiger partial charge in [-0.15, -0.1) is 5.10 Å². The summed E-state index contributed by atoms with van der Waals surface area (Å²) in [5.41, 5.74) is 5.34. The van der Waals surface area contributed by atoms with Crippen LogP contribution < -0.4 is 5.32 Å². The van der Waals surface area contributed by atoms with Gasteiger partial charge in [0, 0.05) is 18.3 Å². The molecule has 0 radical (unpaired) electrons. The molecular weight excluding hydrogens is 381 g/mol. The van der Waals surface area contributed by atoms with Crippen molar-refractivity contribution >= 4 is 22.6 Å². The summed E-state index contributed by atoms with van der Waals surface area (Å²) in [6, 6.07) is 4.23. The molecule has 0 unspecified atom stereocenters. The summed E-state index contributed by atoms with van der Waals surface area (Å²) in [5, 5.41) is 10.7. The molecule has 1 atom stereocenters. The van der Waals surface area contributed by atoms with Gasteiger partial charge in [-0.2, -0.15) is 13.2 Å². The first kappa shape index (κ1) is 19.4. The van der Waals surface area contributed by atoms with E-state index in [1.54, 1.807) is 6.20 Å². The Bertz CT molecular complexity index is 1070. The standard InChI is InChI=1S/C20H21F3N6/c1-3-29-18-10-13(8-9-17(18)27-28-29)14-6-4-5-7-16-15(14)11-24-19(26-16)25-12(2)20(21,22)23/h6,8-12H,3-5,7H2,1-2H3,(H,24,25,26)/t12-/m0/s1. The summed E-state index contributed by atoms with van der Waals surface area (Å²) in [4.78, 5) is 8.55. The van der Waals surface area contributed by atoms with Crippen molar-refractivity contribution < 1.29 is 13.2 Å². The molecule has 6 nitrogen and oxygen atoms in total. The topological polar surface area (TPSA) is 68.5 Å². The predicted molar refractivity (Wildman–Crippen MR) is 104 cm³/mol. The van der Waals surface area contributed by atoms with E-state index in [0.29, 0.717) is 13.0 Å². The maximum absolute atomic E-state index is 12.8. The number of aromatic nitrogens is 5. The van der Waals surface area contributed by atoms with E-state index in [0.717, 1.165) is 53.2 Å². The minimum absolute atomic E-state index is 0.00136. The molecule has 1 aromatic carbocycles. The van der Waals surface area contributed by atoms with Crippen LogP contribution in [0.4, 0.5) is 19.1 Å². The summed E-state index contributed by atoms with van der Waals surface area (Å²) in [6.45, 7) is 3.77. The lowest BCUT2D eigenvalue weighted by Crippen LogP contribution is -2.33. The van der Waals surface area contributed by atoms with Gasteiger partial charge in [0.2, 0.25) is 5.95 Å². The van der Waals surface area contributed by atoms with Crippen LogP contribution >= 0.6 is 0 Å². The molecule has 0 fully saturated rings. The lowest BCUT2D eigenvalue weighted by molar-refractivity contribution is -0.138. The summed E-state index contributed by atoms with van der Waals surface area (Å²) in [6.07, 6.45) is 1.82. The Balaban J connectivity index is 1.71. The number of fused-ring (bicyclic) bond motifs is 2. The van der Waals surface area contributed by atoms with E-state index in [-0.39, 0.29) is 5.95 Å². The highest BCUT2D eigenvalue weighted by molar-refractivity contribution is 5.86. The minimum atomic E-state index is -4.35. The third-order valence-electron chi connectivity index (χ3n) is 5.09. The minimum Gasteiger partial charge on any atom is -0.343 e. The number of nitrogens with zero attached hydrogens (tertiary/aromatic N) is 5. The number of alkyl halides is 3. The summed E-state index contributed by atoms with van der Waals surface area (Å²) < 4.78 is 40.4. The number of aryl methyl sites for hydroxylation is 2. The Morgan fingerprint density at radius 3 is 2.86 bits per heavy atom. The molecule has 4 rings (SSSR count). The second kappa shape index (κ2) is 7.46. The fourth-order valence-electron chi connectivity index (χ4n) is 3.44. The molecule has 0 aliphatic heterocycles. The molecule has 0 saturated carbocycles. The maximum atomic E-state index is 12.8. The number of benzene rings is 1. The van der Waals surface area contributed by atoms with Crippen molar-refractivity contribution in [3.05, 3.63) is 47.3 Å². The van der Waals surface area contributed by atoms with Gasteiger partial charge in [0.1, 0.15) is 11.6 Å². The van der Waals surface area contributed by atoms with E-state index < -0.39 is 12.2 Å². The molecule has 2 heterocycles. The molecule has 0 bridgehead atoms. The fraction of sp³-hybridized carbons (Fsp3) is 0.400. The van der Waals surface area contributed by atoms with Crippen molar-refractivity contribution in [2.75, 3.05) is 5.32 Å². The Labute approximate surface area is 165 Å². The van der Waals surface area contributed by atoms with Crippen molar-refractivity contribution in [1.82, 2.24) is 25.0 Å². The van der Waals surface area contributed by atoms with E-state index in [4.69, 9.17) is 0 Å². The van der Waals surface area contributed by atoms with Crippen LogP contribution in [0.2, 0.25) is 0 Å². The highest BCUT2D eigenvalue weighted by atomic mass is 19.4. The van der Waals surface area contributed by atoms with Crippen LogP contribution in [0.1, 0.15) is 43.5 Å². The molecule has 3 aromatic rings. The number of hydrogen-bond acceptors (Lipinski definition) is 5. The molecule has 1 aliphatic rings. The lowest BCUT2D eigenvalue weighted by Gasteiger charge is -2.18. The van der Waals surface area contributed by atoms with E-state index in [2.05, 4.69) is 31.7 Å². The third-order valence-corrected chi connectivity index (χ3v) is 5.09. The van der Waals surface area contributed by atoms with Gasteiger partial charge in [-0.1, -0.05) is 17.4 Å². The first-order valence-electron chi connectivity index (χ1n) is 9.60. The average Bonchev–Trinajstić information content (AvgIpc) is 2.98. The summed E-state index contributed by atoms with van der Waals surface area (Å²) in [7, 11) is 0. The zero-order valence-electron chi connectivity index (χ0n) is 16.2. The van der Waals surface area contributed by atoms with Gasteiger partial charge in [-0.05, 0) is 56.4 Å². The van der Waals surface area contributed by atoms with Crippen LogP contribution in [0, 0.1) is 0 Å². The smallest absolute Gasteiger partial charge is 0.343 e. The molecule has 1 N–H and O–H groups in total. The lowest BCUT2D eigenvalue weighted by atomic mass is 9.97. The number of allylic oxidation sites excluding steroid dienone is 1. The van der Waals surface area contributed by atoms with E-state index in [1.165, 1.54) is 0 Å². The molecule has 0 amide bonds. The molecule has 0 saturated heterocycles. The Morgan fingerprint density at radius 1 is 1.28 bits per heavy atom. The molecule has 0 spiro atoms. The molecule has 9 heteroatoms. The largest absolute Gasteiger partial charge is 0.408 e. The van der Waals surface area contributed by atoms with Crippen LogP contribution in [0.5, 0.6) is 0 Å². The molecular formula is C20H21F3N6. The highest BCUT2D eigenvalue weighted by Gasteiger charge is 2.36. The first-order chi connectivity index (χ1) is 13.9. The van der Waals surface area contributed by atoms with Gasteiger partial charge in [0.15, 0.2) is 0 Å². The van der Waals surface area contributed by atoms with Crippen LogP contribution in [0.25, 0.3) is 16.6 Å². The molecule has 152 valence electrons. The molecule has 2 aromatic heterocycles. The second-order valence-electron chi connectivity index (χ2n) is 7.08. The van der Waals surface area contributed by atoms with Gasteiger partial charge in [-0.25, -0.2) is 14.6 Å². The van der Waals surface area contributed by atoms with Gasteiger partial charge in [-0.3, -0.25) is 0 Å². The zero-order valence-corrected chi connectivity index (χ0v) is 16.2. The van der Waals surface area contributed by atoms with Gasteiger partial charge in [0.25, 0.3) is 0 Å².